The highest BCUT2D eigenvalue weighted by Crippen LogP contribution is 2.43. The maximum absolute atomic E-state index is 14.1. The van der Waals surface area contributed by atoms with Crippen molar-refractivity contribution in [1.29, 1.82) is 0 Å². The summed E-state index contributed by atoms with van der Waals surface area (Å²) in [5.74, 6) is -0.730. The lowest BCUT2D eigenvalue weighted by molar-refractivity contribution is 0.0971. The summed E-state index contributed by atoms with van der Waals surface area (Å²) < 4.78 is 45.5. The van der Waals surface area contributed by atoms with Crippen LogP contribution >= 0.6 is 0 Å². The van der Waals surface area contributed by atoms with Crippen molar-refractivity contribution in [3.63, 3.8) is 0 Å². The van der Waals surface area contributed by atoms with Crippen LogP contribution in [0.15, 0.2) is 69.9 Å². The Balaban J connectivity index is 1.68. The van der Waals surface area contributed by atoms with Gasteiger partial charge in [0, 0.05) is 5.69 Å². The van der Waals surface area contributed by atoms with Gasteiger partial charge in [0.25, 0.3) is 5.91 Å². The van der Waals surface area contributed by atoms with Gasteiger partial charge in [-0.2, -0.15) is 0 Å². The third-order valence-corrected chi connectivity index (χ3v) is 6.53. The molecule has 1 aromatic heterocycles. The quantitative estimate of drug-likeness (QED) is 0.228. The van der Waals surface area contributed by atoms with E-state index in [4.69, 9.17) is 13.9 Å². The average molecular weight is 520 g/mol. The van der Waals surface area contributed by atoms with Crippen molar-refractivity contribution in [2.45, 2.75) is 39.2 Å². The molecule has 8 heteroatoms. The summed E-state index contributed by atoms with van der Waals surface area (Å²) in [4.78, 5) is 28.8. The van der Waals surface area contributed by atoms with E-state index >= 15 is 0 Å². The fourth-order valence-corrected chi connectivity index (χ4v) is 4.74. The van der Waals surface area contributed by atoms with Crippen molar-refractivity contribution >= 4 is 22.6 Å². The predicted molar refractivity (Wildman–Crippen MR) is 140 cm³/mol. The van der Waals surface area contributed by atoms with Crippen LogP contribution in [-0.2, 0) is 0 Å². The number of halogens is 2. The molecule has 38 heavy (non-hydrogen) atoms. The number of fused-ring (bicyclic) bond motifs is 2. The molecule has 1 aliphatic heterocycles. The molecule has 0 spiro atoms. The third-order valence-electron chi connectivity index (χ3n) is 6.53. The van der Waals surface area contributed by atoms with Crippen LogP contribution in [0.4, 0.5) is 14.5 Å². The van der Waals surface area contributed by atoms with Crippen LogP contribution in [0.5, 0.6) is 11.5 Å². The molecule has 196 valence electrons. The molecule has 1 aliphatic rings. The summed E-state index contributed by atoms with van der Waals surface area (Å²) in [5.41, 5.74) is 0.612. The van der Waals surface area contributed by atoms with Gasteiger partial charge in [0.15, 0.2) is 16.9 Å². The Morgan fingerprint density at radius 1 is 0.868 bits per heavy atom. The van der Waals surface area contributed by atoms with Crippen molar-refractivity contribution < 1.29 is 27.5 Å². The largest absolute Gasteiger partial charge is 0.490 e. The first-order chi connectivity index (χ1) is 18.4. The number of amides is 1. The molecular formula is C30H27F2NO5. The highest BCUT2D eigenvalue weighted by Gasteiger charge is 2.44. The third kappa shape index (κ3) is 4.62. The monoisotopic (exact) mass is 519 g/mol. The van der Waals surface area contributed by atoms with Gasteiger partial charge in [-0.05, 0) is 73.5 Å². The number of anilines is 1. The van der Waals surface area contributed by atoms with Gasteiger partial charge in [0.05, 0.1) is 30.2 Å². The van der Waals surface area contributed by atoms with Crippen molar-refractivity contribution in [2.75, 3.05) is 18.1 Å². The van der Waals surface area contributed by atoms with Crippen molar-refractivity contribution in [1.82, 2.24) is 0 Å². The fourth-order valence-electron chi connectivity index (χ4n) is 4.74. The van der Waals surface area contributed by atoms with Gasteiger partial charge >= 0.3 is 0 Å². The molecule has 3 aromatic carbocycles. The summed E-state index contributed by atoms with van der Waals surface area (Å²) in [7, 11) is 0. The molecule has 1 atom stereocenters. The summed E-state index contributed by atoms with van der Waals surface area (Å²) in [6.45, 7) is 4.87. The smallest absolute Gasteiger partial charge is 0.295 e. The minimum atomic E-state index is -0.916. The standard InChI is InChI=1S/C30H27F2NO5/c1-3-5-6-15-37-24-13-7-18(16-25(24)36-4-2)27-26-28(34)22-17-20(32)10-14-23(22)38-29(26)30(35)33(27)21-11-8-19(31)9-12-21/h7-14,16-17,27H,3-6,15H2,1-2H3. The lowest BCUT2D eigenvalue weighted by atomic mass is 9.97. The highest BCUT2D eigenvalue weighted by atomic mass is 19.1. The predicted octanol–water partition coefficient (Wildman–Crippen LogP) is 6.79. The summed E-state index contributed by atoms with van der Waals surface area (Å²) in [6, 6.07) is 13.3. The molecule has 0 fully saturated rings. The average Bonchev–Trinajstić information content (AvgIpc) is 3.20. The van der Waals surface area contributed by atoms with Crippen LogP contribution in [0.2, 0.25) is 0 Å². The minimum Gasteiger partial charge on any atom is -0.490 e. The molecule has 0 radical (unpaired) electrons. The zero-order valence-electron chi connectivity index (χ0n) is 21.1. The molecule has 0 N–H and O–H groups in total. The lowest BCUT2D eigenvalue weighted by Crippen LogP contribution is -2.29. The van der Waals surface area contributed by atoms with E-state index < -0.39 is 29.0 Å². The second-order valence-electron chi connectivity index (χ2n) is 9.06. The van der Waals surface area contributed by atoms with E-state index in [0.717, 1.165) is 25.3 Å². The maximum Gasteiger partial charge on any atom is 0.295 e. The molecule has 1 unspecified atom stereocenters. The first-order valence-electron chi connectivity index (χ1n) is 12.7. The van der Waals surface area contributed by atoms with Gasteiger partial charge in [-0.3, -0.25) is 14.5 Å². The Labute approximate surface area is 218 Å². The summed E-state index contributed by atoms with van der Waals surface area (Å²) >= 11 is 0. The normalized spacial score (nSPS) is 14.7. The van der Waals surface area contributed by atoms with E-state index in [2.05, 4.69) is 6.92 Å². The summed E-state index contributed by atoms with van der Waals surface area (Å²) in [6.07, 6.45) is 3.01. The van der Waals surface area contributed by atoms with Gasteiger partial charge in [-0.15, -0.1) is 0 Å². The van der Waals surface area contributed by atoms with Crippen molar-refractivity contribution in [2.24, 2.45) is 0 Å². The van der Waals surface area contributed by atoms with Crippen LogP contribution in [0.25, 0.3) is 11.0 Å². The molecular weight excluding hydrogens is 492 g/mol. The molecule has 0 bridgehead atoms. The SMILES string of the molecule is CCCCCOc1ccc(C2c3c(oc4ccc(F)cc4c3=O)C(=O)N2c2ccc(F)cc2)cc1OCC. The number of benzene rings is 3. The highest BCUT2D eigenvalue weighted by molar-refractivity contribution is 6.10. The molecule has 0 saturated carbocycles. The maximum atomic E-state index is 14.1. The second-order valence-corrected chi connectivity index (χ2v) is 9.06. The minimum absolute atomic E-state index is 0.0309. The lowest BCUT2D eigenvalue weighted by Gasteiger charge is -2.26. The van der Waals surface area contributed by atoms with Crippen LogP contribution in [0.1, 0.15) is 60.8 Å². The number of nitrogens with zero attached hydrogens (tertiary/aromatic N) is 1. The molecule has 2 heterocycles. The number of rotatable bonds is 9. The van der Waals surface area contributed by atoms with Crippen molar-refractivity contribution in [3.8, 4) is 11.5 Å². The molecule has 0 saturated heterocycles. The topological polar surface area (TPSA) is 69.0 Å². The number of unbranched alkanes of at least 4 members (excludes halogenated alkanes) is 2. The van der Waals surface area contributed by atoms with Gasteiger partial charge < -0.3 is 13.9 Å². The number of ether oxygens (including phenoxy) is 2. The first kappa shape index (κ1) is 25.4. The van der Waals surface area contributed by atoms with Crippen LogP contribution in [0, 0.1) is 11.6 Å². The zero-order valence-corrected chi connectivity index (χ0v) is 21.1. The summed E-state index contributed by atoms with van der Waals surface area (Å²) in [5, 5.41) is 0.0309. The molecule has 4 aromatic rings. The van der Waals surface area contributed by atoms with Crippen molar-refractivity contribution in [3.05, 3.63) is 99.4 Å². The van der Waals surface area contributed by atoms with Crippen LogP contribution in [-0.4, -0.2) is 19.1 Å². The van der Waals surface area contributed by atoms with Gasteiger partial charge in [0.1, 0.15) is 17.2 Å². The van der Waals surface area contributed by atoms with E-state index in [1.807, 2.05) is 6.92 Å². The van der Waals surface area contributed by atoms with Crippen LogP contribution in [0.3, 0.4) is 0 Å². The van der Waals surface area contributed by atoms with Gasteiger partial charge in [-0.1, -0.05) is 25.8 Å². The molecule has 6 nitrogen and oxygen atoms in total. The van der Waals surface area contributed by atoms with Gasteiger partial charge in [0.2, 0.25) is 5.76 Å². The number of hydrogen-bond acceptors (Lipinski definition) is 5. The van der Waals surface area contributed by atoms with E-state index in [0.29, 0.717) is 36.0 Å². The molecule has 0 aliphatic carbocycles. The second kappa shape index (κ2) is 10.7. The first-order valence-corrected chi connectivity index (χ1v) is 12.7. The zero-order chi connectivity index (χ0) is 26.8. The van der Waals surface area contributed by atoms with Gasteiger partial charge in [-0.25, -0.2) is 8.78 Å². The van der Waals surface area contributed by atoms with E-state index in [1.54, 1.807) is 18.2 Å². The molecule has 1 amide bonds. The Hall–Kier alpha value is -4.20. The number of carbonyl (C=O) groups excluding carboxylic acids is 1. The van der Waals surface area contributed by atoms with E-state index in [9.17, 15) is 18.4 Å². The van der Waals surface area contributed by atoms with E-state index in [1.165, 1.54) is 41.3 Å². The Morgan fingerprint density at radius 3 is 2.37 bits per heavy atom. The Kier molecular flexibility index (Phi) is 7.13. The number of hydrogen-bond donors (Lipinski definition) is 0. The number of carbonyl (C=O) groups is 1. The fraction of sp³-hybridized carbons (Fsp3) is 0.267. The Morgan fingerprint density at radius 2 is 1.63 bits per heavy atom. The van der Waals surface area contributed by atoms with Crippen LogP contribution < -0.4 is 19.8 Å². The Bertz CT molecular complexity index is 1550. The van der Waals surface area contributed by atoms with E-state index in [-0.39, 0.29) is 22.3 Å². The molecule has 5 rings (SSSR count).